The fourth-order valence-corrected chi connectivity index (χ4v) is 2.41. The fraction of sp³-hybridized carbons (Fsp3) is 0.300. The molecule has 2 rings (SSSR count). The van der Waals surface area contributed by atoms with Crippen molar-refractivity contribution in [3.05, 3.63) is 59.7 Å². The minimum absolute atomic E-state index is 0. The van der Waals surface area contributed by atoms with E-state index in [0.717, 1.165) is 12.0 Å². The molecule has 2 aromatic rings. The van der Waals surface area contributed by atoms with Crippen LogP contribution in [0.5, 0.6) is 11.5 Å². The third-order valence-corrected chi connectivity index (χ3v) is 3.86. The van der Waals surface area contributed by atoms with Crippen LogP contribution < -0.4 is 25.8 Å². The summed E-state index contributed by atoms with van der Waals surface area (Å²) in [6.07, 6.45) is 0.741. The average Bonchev–Trinajstić information content (AvgIpc) is 2.72. The molecule has 8 heteroatoms. The maximum absolute atomic E-state index is 11.9. The minimum atomic E-state index is -0.0781. The lowest BCUT2D eigenvalue weighted by molar-refractivity contribution is 0.0953. The Kier molecular flexibility index (Phi) is 10.8. The maximum atomic E-state index is 11.9. The SMILES string of the molecule is COc1ccc(CN=C(N)NCCCNC(=O)c2ccccc2)cc1OC.I. The molecule has 0 unspecified atom stereocenters. The molecule has 0 atom stereocenters. The second-order valence-corrected chi connectivity index (χ2v) is 5.79. The number of rotatable bonds is 9. The lowest BCUT2D eigenvalue weighted by Gasteiger charge is -2.09. The summed E-state index contributed by atoms with van der Waals surface area (Å²) >= 11 is 0. The Morgan fingerprint density at radius 1 is 1.00 bits per heavy atom. The highest BCUT2D eigenvalue weighted by Gasteiger charge is 2.05. The number of hydrogen-bond donors (Lipinski definition) is 3. The highest BCUT2D eigenvalue weighted by atomic mass is 127. The molecule has 0 saturated carbocycles. The second kappa shape index (κ2) is 12.8. The van der Waals surface area contributed by atoms with Crippen molar-refractivity contribution in [3.63, 3.8) is 0 Å². The number of nitrogens with two attached hydrogens (primary N) is 1. The summed E-state index contributed by atoms with van der Waals surface area (Å²) in [5, 5.41) is 5.91. The van der Waals surface area contributed by atoms with E-state index in [-0.39, 0.29) is 29.9 Å². The molecule has 0 bridgehead atoms. The summed E-state index contributed by atoms with van der Waals surface area (Å²) in [7, 11) is 3.19. The molecule has 0 fully saturated rings. The summed E-state index contributed by atoms with van der Waals surface area (Å²) in [6, 6.07) is 14.7. The third kappa shape index (κ3) is 7.63. The quantitative estimate of drug-likeness (QED) is 0.214. The summed E-state index contributed by atoms with van der Waals surface area (Å²) in [5.74, 6) is 1.62. The van der Waals surface area contributed by atoms with Crippen LogP contribution in [0.15, 0.2) is 53.5 Å². The van der Waals surface area contributed by atoms with E-state index < -0.39 is 0 Å². The second-order valence-electron chi connectivity index (χ2n) is 5.79. The molecule has 1 amide bonds. The van der Waals surface area contributed by atoms with E-state index in [1.54, 1.807) is 26.4 Å². The van der Waals surface area contributed by atoms with Gasteiger partial charge in [0.05, 0.1) is 20.8 Å². The number of carbonyl (C=O) groups is 1. The Morgan fingerprint density at radius 3 is 2.36 bits per heavy atom. The molecule has 7 nitrogen and oxygen atoms in total. The predicted octanol–water partition coefficient (Wildman–Crippen LogP) is 2.55. The lowest BCUT2D eigenvalue weighted by atomic mass is 10.2. The molecular weight excluding hydrogens is 471 g/mol. The van der Waals surface area contributed by atoms with Gasteiger partial charge in [0.1, 0.15) is 0 Å². The van der Waals surface area contributed by atoms with Crippen LogP contribution in [-0.2, 0) is 6.54 Å². The van der Waals surface area contributed by atoms with Gasteiger partial charge >= 0.3 is 0 Å². The first-order valence-electron chi connectivity index (χ1n) is 8.72. The van der Waals surface area contributed by atoms with Gasteiger partial charge in [0.15, 0.2) is 17.5 Å². The van der Waals surface area contributed by atoms with Gasteiger partial charge in [0.25, 0.3) is 5.91 Å². The van der Waals surface area contributed by atoms with E-state index in [4.69, 9.17) is 15.2 Å². The van der Waals surface area contributed by atoms with Crippen LogP contribution in [0.1, 0.15) is 22.3 Å². The van der Waals surface area contributed by atoms with Crippen molar-refractivity contribution in [2.75, 3.05) is 27.3 Å². The van der Waals surface area contributed by atoms with Gasteiger partial charge in [-0.1, -0.05) is 24.3 Å². The van der Waals surface area contributed by atoms with Gasteiger partial charge in [-0.05, 0) is 36.2 Å². The van der Waals surface area contributed by atoms with Crippen LogP contribution >= 0.6 is 24.0 Å². The van der Waals surface area contributed by atoms with Crippen LogP contribution in [0, 0.1) is 0 Å². The first-order valence-corrected chi connectivity index (χ1v) is 8.72. The van der Waals surface area contributed by atoms with Crippen LogP contribution in [0.3, 0.4) is 0 Å². The number of guanidine groups is 1. The normalized spacial score (nSPS) is 10.6. The van der Waals surface area contributed by atoms with Crippen molar-refractivity contribution in [2.45, 2.75) is 13.0 Å². The molecule has 0 aliphatic rings. The number of methoxy groups -OCH3 is 2. The van der Waals surface area contributed by atoms with E-state index in [1.165, 1.54) is 0 Å². The van der Waals surface area contributed by atoms with Crippen LogP contribution in [0.4, 0.5) is 0 Å². The zero-order chi connectivity index (χ0) is 19.5. The van der Waals surface area contributed by atoms with Gasteiger partial charge in [0.2, 0.25) is 0 Å². The van der Waals surface area contributed by atoms with Gasteiger partial charge < -0.3 is 25.8 Å². The van der Waals surface area contributed by atoms with Crippen molar-refractivity contribution < 1.29 is 14.3 Å². The van der Waals surface area contributed by atoms with E-state index in [9.17, 15) is 4.79 Å². The number of benzene rings is 2. The van der Waals surface area contributed by atoms with Crippen molar-refractivity contribution >= 4 is 35.8 Å². The van der Waals surface area contributed by atoms with Crippen LogP contribution in [-0.4, -0.2) is 39.2 Å². The fourth-order valence-electron chi connectivity index (χ4n) is 2.41. The molecule has 0 aliphatic carbocycles. The summed E-state index contributed by atoms with van der Waals surface area (Å²) in [6.45, 7) is 1.62. The topological polar surface area (TPSA) is 98.0 Å². The van der Waals surface area contributed by atoms with E-state index in [1.807, 2.05) is 36.4 Å². The Morgan fingerprint density at radius 2 is 1.68 bits per heavy atom. The third-order valence-electron chi connectivity index (χ3n) is 3.86. The summed E-state index contributed by atoms with van der Waals surface area (Å²) in [4.78, 5) is 16.2. The van der Waals surface area contributed by atoms with E-state index in [2.05, 4.69) is 15.6 Å². The highest BCUT2D eigenvalue weighted by molar-refractivity contribution is 14.0. The van der Waals surface area contributed by atoms with E-state index in [0.29, 0.717) is 42.7 Å². The average molecular weight is 498 g/mol. The minimum Gasteiger partial charge on any atom is -0.493 e. The number of aliphatic imine (C=N–C) groups is 1. The maximum Gasteiger partial charge on any atom is 0.251 e. The number of ether oxygens (including phenoxy) is 2. The molecule has 0 spiro atoms. The van der Waals surface area contributed by atoms with Gasteiger partial charge in [-0.2, -0.15) is 0 Å². The summed E-state index contributed by atoms with van der Waals surface area (Å²) in [5.41, 5.74) is 7.50. The van der Waals surface area contributed by atoms with Crippen molar-refractivity contribution in [2.24, 2.45) is 10.7 Å². The molecule has 0 radical (unpaired) electrons. The van der Waals surface area contributed by atoms with Crippen molar-refractivity contribution in [1.29, 1.82) is 0 Å². The molecule has 28 heavy (non-hydrogen) atoms. The van der Waals surface area contributed by atoms with Crippen molar-refractivity contribution in [3.8, 4) is 11.5 Å². The van der Waals surface area contributed by atoms with Gasteiger partial charge in [-0.25, -0.2) is 4.99 Å². The molecule has 2 aromatic carbocycles. The molecule has 0 aromatic heterocycles. The Labute approximate surface area is 182 Å². The van der Waals surface area contributed by atoms with Gasteiger partial charge in [0, 0.05) is 18.7 Å². The first-order chi connectivity index (χ1) is 13.1. The van der Waals surface area contributed by atoms with Gasteiger partial charge in [-0.3, -0.25) is 4.79 Å². The van der Waals surface area contributed by atoms with Crippen LogP contribution in [0.2, 0.25) is 0 Å². The predicted molar refractivity (Wildman–Crippen MR) is 122 cm³/mol. The molecule has 4 N–H and O–H groups in total. The Bertz CT molecular complexity index is 769. The van der Waals surface area contributed by atoms with Crippen LogP contribution in [0.25, 0.3) is 0 Å². The standard InChI is InChI=1S/C20H26N4O3.HI/c1-26-17-10-9-15(13-18(17)27-2)14-24-20(21)23-12-6-11-22-19(25)16-7-4-3-5-8-16;/h3-5,7-10,13H,6,11-12,14H2,1-2H3,(H,22,25)(H3,21,23,24);1H. The Balaban J connectivity index is 0.00000392. The monoisotopic (exact) mass is 498 g/mol. The number of amides is 1. The molecule has 0 heterocycles. The number of halogens is 1. The van der Waals surface area contributed by atoms with E-state index >= 15 is 0 Å². The zero-order valence-electron chi connectivity index (χ0n) is 16.1. The number of hydrogen-bond acceptors (Lipinski definition) is 4. The number of carbonyl (C=O) groups excluding carboxylic acids is 1. The zero-order valence-corrected chi connectivity index (χ0v) is 18.4. The molecule has 0 aliphatic heterocycles. The van der Waals surface area contributed by atoms with Gasteiger partial charge in [-0.15, -0.1) is 24.0 Å². The first kappa shape index (κ1) is 23.5. The molecule has 0 saturated heterocycles. The molecule has 152 valence electrons. The number of nitrogens with zero attached hydrogens (tertiary/aromatic N) is 1. The lowest BCUT2D eigenvalue weighted by Crippen LogP contribution is -2.34. The summed E-state index contributed by atoms with van der Waals surface area (Å²) < 4.78 is 10.5. The smallest absolute Gasteiger partial charge is 0.251 e. The highest BCUT2D eigenvalue weighted by Crippen LogP contribution is 2.27. The molecular formula is C20H27IN4O3. The number of nitrogens with one attached hydrogen (secondary N) is 2. The largest absolute Gasteiger partial charge is 0.493 e. The Hall–Kier alpha value is -2.49. The van der Waals surface area contributed by atoms with Crippen molar-refractivity contribution in [1.82, 2.24) is 10.6 Å².